The number of aldehydes is 1. The minimum atomic E-state index is -0.552. The van der Waals surface area contributed by atoms with Gasteiger partial charge >= 0.3 is 0 Å². The summed E-state index contributed by atoms with van der Waals surface area (Å²) < 4.78 is 0. The average Bonchev–Trinajstić information content (AvgIpc) is 2.85. The largest absolute Gasteiger partial charge is 0.303 e. The lowest BCUT2D eigenvalue weighted by molar-refractivity contribution is -0.384. The highest BCUT2D eigenvalue weighted by atomic mass is 16.6. The number of nitrogens with one attached hydrogen (secondary N) is 1. The molecule has 0 aromatic heterocycles. The van der Waals surface area contributed by atoms with Crippen LogP contribution in [0.1, 0.15) is 17.2 Å². The minimum absolute atomic E-state index is 0.0102. The molecule has 1 aliphatic heterocycles. The van der Waals surface area contributed by atoms with Crippen LogP contribution in [0, 0.1) is 10.1 Å². The standard InChI is InChI=1S/C15H13N3O3/c19-10-14-13-8-12(18(20)21)6-7-15(13)17(16-14)9-11-4-2-1-3-5-11/h1-8,10,14,16H,9H2. The van der Waals surface area contributed by atoms with E-state index in [1.54, 1.807) is 6.07 Å². The first-order chi connectivity index (χ1) is 10.2. The van der Waals surface area contributed by atoms with E-state index in [1.165, 1.54) is 12.1 Å². The Hall–Kier alpha value is -2.73. The second-order valence-corrected chi connectivity index (χ2v) is 4.81. The number of carbonyl (C=O) groups excluding carboxylic acids is 1. The van der Waals surface area contributed by atoms with Crippen LogP contribution in [0.25, 0.3) is 0 Å². The third-order valence-corrected chi connectivity index (χ3v) is 3.46. The van der Waals surface area contributed by atoms with E-state index >= 15 is 0 Å². The molecule has 6 nitrogen and oxygen atoms in total. The number of hydrazine groups is 1. The van der Waals surface area contributed by atoms with Crippen molar-refractivity contribution in [3.63, 3.8) is 0 Å². The first-order valence-electron chi connectivity index (χ1n) is 6.50. The number of non-ortho nitro benzene ring substituents is 1. The van der Waals surface area contributed by atoms with Crippen LogP contribution in [-0.4, -0.2) is 11.2 Å². The van der Waals surface area contributed by atoms with Crippen molar-refractivity contribution in [3.8, 4) is 0 Å². The lowest BCUT2D eigenvalue weighted by atomic mass is 10.1. The van der Waals surface area contributed by atoms with Gasteiger partial charge in [-0.25, -0.2) is 5.43 Å². The summed E-state index contributed by atoms with van der Waals surface area (Å²) in [6, 6.07) is 13.8. The zero-order valence-electron chi connectivity index (χ0n) is 11.1. The Bertz CT molecular complexity index is 688. The highest BCUT2D eigenvalue weighted by Crippen LogP contribution is 2.35. The van der Waals surface area contributed by atoms with Crippen LogP contribution in [-0.2, 0) is 11.3 Å². The summed E-state index contributed by atoms with van der Waals surface area (Å²) in [6.45, 7) is 0.579. The summed E-state index contributed by atoms with van der Waals surface area (Å²) in [5, 5.41) is 12.7. The Morgan fingerprint density at radius 2 is 2.00 bits per heavy atom. The van der Waals surface area contributed by atoms with Crippen LogP contribution in [0.15, 0.2) is 48.5 Å². The van der Waals surface area contributed by atoms with E-state index in [9.17, 15) is 14.9 Å². The van der Waals surface area contributed by atoms with E-state index in [2.05, 4.69) is 5.43 Å². The molecule has 1 N–H and O–H groups in total. The maximum atomic E-state index is 11.2. The maximum absolute atomic E-state index is 11.2. The van der Waals surface area contributed by atoms with Gasteiger partial charge in [-0.05, 0) is 11.6 Å². The highest BCUT2D eigenvalue weighted by Gasteiger charge is 2.29. The molecule has 0 fully saturated rings. The van der Waals surface area contributed by atoms with Crippen molar-refractivity contribution in [2.45, 2.75) is 12.6 Å². The molecular weight excluding hydrogens is 270 g/mol. The molecule has 6 heteroatoms. The van der Waals surface area contributed by atoms with Gasteiger partial charge < -0.3 is 9.80 Å². The van der Waals surface area contributed by atoms with E-state index in [4.69, 9.17) is 0 Å². The van der Waals surface area contributed by atoms with Crippen LogP contribution < -0.4 is 10.4 Å². The van der Waals surface area contributed by atoms with Gasteiger partial charge in [0.25, 0.3) is 5.69 Å². The molecule has 1 aliphatic rings. The van der Waals surface area contributed by atoms with Crippen LogP contribution in [0.2, 0.25) is 0 Å². The van der Waals surface area contributed by atoms with E-state index in [0.717, 1.165) is 17.5 Å². The van der Waals surface area contributed by atoms with Crippen LogP contribution in [0.3, 0.4) is 0 Å². The lowest BCUT2D eigenvalue weighted by Crippen LogP contribution is -2.34. The predicted octanol–water partition coefficient (Wildman–Crippen LogP) is 2.36. The van der Waals surface area contributed by atoms with E-state index in [0.29, 0.717) is 12.1 Å². The molecular formula is C15H13N3O3. The topological polar surface area (TPSA) is 75.5 Å². The van der Waals surface area contributed by atoms with Gasteiger partial charge in [0, 0.05) is 17.7 Å². The van der Waals surface area contributed by atoms with E-state index in [1.807, 2.05) is 35.3 Å². The molecule has 3 rings (SSSR count). The van der Waals surface area contributed by atoms with Gasteiger partial charge in [-0.2, -0.15) is 0 Å². The fraction of sp³-hybridized carbons (Fsp3) is 0.133. The third-order valence-electron chi connectivity index (χ3n) is 3.46. The Kier molecular flexibility index (Phi) is 3.37. The second kappa shape index (κ2) is 5.34. The number of anilines is 1. The Morgan fingerprint density at radius 3 is 2.67 bits per heavy atom. The minimum Gasteiger partial charge on any atom is -0.303 e. The number of rotatable bonds is 4. The maximum Gasteiger partial charge on any atom is 0.269 e. The van der Waals surface area contributed by atoms with Gasteiger partial charge in [0.15, 0.2) is 0 Å². The number of hydrogen-bond acceptors (Lipinski definition) is 5. The fourth-order valence-corrected chi connectivity index (χ4v) is 2.46. The zero-order valence-corrected chi connectivity index (χ0v) is 11.1. The molecule has 1 heterocycles. The normalized spacial score (nSPS) is 16.6. The van der Waals surface area contributed by atoms with Gasteiger partial charge in [0.2, 0.25) is 0 Å². The van der Waals surface area contributed by atoms with Crippen molar-refractivity contribution in [2.24, 2.45) is 0 Å². The summed E-state index contributed by atoms with van der Waals surface area (Å²) in [5.74, 6) is 0. The molecule has 21 heavy (non-hydrogen) atoms. The third kappa shape index (κ3) is 2.48. The van der Waals surface area contributed by atoms with Crippen molar-refractivity contribution < 1.29 is 9.72 Å². The first kappa shape index (κ1) is 13.3. The Morgan fingerprint density at radius 1 is 1.24 bits per heavy atom. The molecule has 0 spiro atoms. The molecule has 1 atom stereocenters. The van der Waals surface area contributed by atoms with Gasteiger partial charge in [-0.3, -0.25) is 10.1 Å². The quantitative estimate of drug-likeness (QED) is 0.529. The number of hydrogen-bond donors (Lipinski definition) is 1. The van der Waals surface area contributed by atoms with Crippen LogP contribution in [0.4, 0.5) is 11.4 Å². The molecule has 2 aromatic carbocycles. The fourth-order valence-electron chi connectivity index (χ4n) is 2.46. The van der Waals surface area contributed by atoms with Gasteiger partial charge in [-0.1, -0.05) is 30.3 Å². The predicted molar refractivity (Wildman–Crippen MR) is 77.7 cm³/mol. The van der Waals surface area contributed by atoms with Crippen molar-refractivity contribution in [3.05, 3.63) is 69.8 Å². The van der Waals surface area contributed by atoms with Crippen molar-refractivity contribution in [2.75, 3.05) is 5.01 Å². The summed E-state index contributed by atoms with van der Waals surface area (Å²) >= 11 is 0. The molecule has 2 aromatic rings. The monoisotopic (exact) mass is 283 g/mol. The van der Waals surface area contributed by atoms with E-state index in [-0.39, 0.29) is 5.69 Å². The van der Waals surface area contributed by atoms with E-state index < -0.39 is 11.0 Å². The van der Waals surface area contributed by atoms with Crippen molar-refractivity contribution in [1.82, 2.24) is 5.43 Å². The molecule has 0 amide bonds. The SMILES string of the molecule is O=CC1NN(Cc2ccccc2)c2ccc([N+](=O)[O-])cc21. The van der Waals surface area contributed by atoms with Crippen LogP contribution >= 0.6 is 0 Å². The zero-order chi connectivity index (χ0) is 14.8. The summed E-state index contributed by atoms with van der Waals surface area (Å²) in [6.07, 6.45) is 0.757. The Balaban J connectivity index is 1.94. The van der Waals surface area contributed by atoms with Crippen LogP contribution in [0.5, 0.6) is 0 Å². The number of fused-ring (bicyclic) bond motifs is 1. The number of nitrogens with zero attached hydrogens (tertiary/aromatic N) is 2. The number of nitro benzene ring substituents is 1. The molecule has 0 radical (unpaired) electrons. The van der Waals surface area contributed by atoms with Gasteiger partial charge in [0.1, 0.15) is 12.3 Å². The molecule has 0 saturated carbocycles. The lowest BCUT2D eigenvalue weighted by Gasteiger charge is -2.19. The number of carbonyl (C=O) groups is 1. The molecule has 0 bridgehead atoms. The molecule has 1 unspecified atom stereocenters. The number of benzene rings is 2. The molecule has 0 saturated heterocycles. The average molecular weight is 283 g/mol. The summed E-state index contributed by atoms with van der Waals surface area (Å²) in [5.41, 5.74) is 5.56. The van der Waals surface area contributed by atoms with Gasteiger partial charge in [0.05, 0.1) is 17.2 Å². The van der Waals surface area contributed by atoms with Gasteiger partial charge in [-0.15, -0.1) is 0 Å². The summed E-state index contributed by atoms with van der Waals surface area (Å²) in [4.78, 5) is 21.6. The number of nitro groups is 1. The van der Waals surface area contributed by atoms with Crippen molar-refractivity contribution in [1.29, 1.82) is 0 Å². The highest BCUT2D eigenvalue weighted by molar-refractivity contribution is 5.73. The molecule has 106 valence electrons. The smallest absolute Gasteiger partial charge is 0.269 e. The molecule has 0 aliphatic carbocycles. The first-order valence-corrected chi connectivity index (χ1v) is 6.50. The summed E-state index contributed by atoms with van der Waals surface area (Å²) in [7, 11) is 0. The second-order valence-electron chi connectivity index (χ2n) is 4.81. The van der Waals surface area contributed by atoms with Crippen molar-refractivity contribution >= 4 is 17.7 Å². The Labute approximate surface area is 121 Å².